The summed E-state index contributed by atoms with van der Waals surface area (Å²) < 4.78 is 7.02. The molecule has 0 saturated carbocycles. The van der Waals surface area contributed by atoms with E-state index < -0.39 is 0 Å². The molecule has 1 aliphatic heterocycles. The summed E-state index contributed by atoms with van der Waals surface area (Å²) in [6.45, 7) is 0.625. The largest absolute Gasteiger partial charge is 0.488 e. The third kappa shape index (κ3) is 3.28. The summed E-state index contributed by atoms with van der Waals surface area (Å²) in [4.78, 5) is 24.4. The number of benzene rings is 2. The van der Waals surface area contributed by atoms with Crippen molar-refractivity contribution in [3.63, 3.8) is 0 Å². The van der Waals surface area contributed by atoms with E-state index in [9.17, 15) is 9.59 Å². The van der Waals surface area contributed by atoms with Gasteiger partial charge in [0.2, 0.25) is 5.91 Å². The fourth-order valence-electron chi connectivity index (χ4n) is 3.06. The average Bonchev–Trinajstić information content (AvgIpc) is 3.09. The summed E-state index contributed by atoms with van der Waals surface area (Å²) in [6, 6.07) is 14.9. The minimum atomic E-state index is -0.238. The molecule has 0 bridgehead atoms. The van der Waals surface area contributed by atoms with Gasteiger partial charge < -0.3 is 10.1 Å². The molecule has 0 saturated heterocycles. The number of fused-ring (bicyclic) bond motifs is 2. The van der Waals surface area contributed by atoms with Crippen molar-refractivity contribution in [2.75, 3.05) is 6.54 Å². The van der Waals surface area contributed by atoms with E-state index in [1.165, 1.54) is 4.68 Å². The van der Waals surface area contributed by atoms with E-state index in [1.54, 1.807) is 24.3 Å². The number of carbonyl (C=O) groups is 1. The molecule has 2 heterocycles. The fraction of sp³-hybridized carbons (Fsp3) is 0.263. The van der Waals surface area contributed by atoms with Crippen molar-refractivity contribution in [1.29, 1.82) is 0 Å². The molecule has 1 aliphatic rings. The lowest BCUT2D eigenvalue weighted by Crippen LogP contribution is -2.35. The first kappa shape index (κ1) is 16.3. The van der Waals surface area contributed by atoms with Crippen LogP contribution in [0.4, 0.5) is 0 Å². The van der Waals surface area contributed by atoms with Crippen LogP contribution in [0.2, 0.25) is 0 Å². The number of hydrogen-bond acceptors (Lipinski definition) is 5. The first-order valence-corrected chi connectivity index (χ1v) is 8.54. The van der Waals surface area contributed by atoms with E-state index in [-0.39, 0.29) is 30.5 Å². The Hall–Kier alpha value is -3.22. The van der Waals surface area contributed by atoms with Crippen LogP contribution in [0.3, 0.4) is 0 Å². The molecule has 3 aromatic rings. The van der Waals surface area contributed by atoms with Gasteiger partial charge in [0, 0.05) is 12.8 Å². The van der Waals surface area contributed by atoms with E-state index in [2.05, 4.69) is 15.6 Å². The highest BCUT2D eigenvalue weighted by atomic mass is 16.5. The van der Waals surface area contributed by atoms with E-state index >= 15 is 0 Å². The number of hydrogen-bond donors (Lipinski definition) is 1. The molecule has 132 valence electrons. The molecule has 0 unspecified atom stereocenters. The Bertz CT molecular complexity index is 990. The number of carbonyl (C=O) groups excluding carboxylic acids is 1. The standard InChI is InChI=1S/C19H18N4O3/c24-18(20-12-14-11-13-5-1-4-8-17(13)26-14)9-10-23-19(25)15-6-2-3-7-16(15)21-22-23/h1-8,14H,9-12H2,(H,20,24)/t14-/m0/s1. The third-order valence-corrected chi connectivity index (χ3v) is 4.42. The van der Waals surface area contributed by atoms with Crippen LogP contribution >= 0.6 is 0 Å². The van der Waals surface area contributed by atoms with Crippen molar-refractivity contribution in [2.45, 2.75) is 25.5 Å². The molecule has 0 radical (unpaired) electrons. The average molecular weight is 350 g/mol. The van der Waals surface area contributed by atoms with Crippen molar-refractivity contribution >= 4 is 16.8 Å². The first-order valence-electron chi connectivity index (χ1n) is 8.54. The minimum absolute atomic E-state index is 0.0560. The normalized spacial score (nSPS) is 15.5. The summed E-state index contributed by atoms with van der Waals surface area (Å²) in [5.41, 5.74) is 1.47. The Kier molecular flexibility index (Phi) is 4.35. The van der Waals surface area contributed by atoms with Gasteiger partial charge in [-0.3, -0.25) is 9.59 Å². The van der Waals surface area contributed by atoms with Crippen LogP contribution in [0.15, 0.2) is 53.3 Å². The molecule has 7 nitrogen and oxygen atoms in total. The Balaban J connectivity index is 1.31. The van der Waals surface area contributed by atoms with Gasteiger partial charge in [-0.15, -0.1) is 5.10 Å². The number of aromatic nitrogens is 3. The van der Waals surface area contributed by atoms with Crippen molar-refractivity contribution in [2.24, 2.45) is 0 Å². The number of ether oxygens (including phenoxy) is 1. The SMILES string of the molecule is O=C(CCn1nnc2ccccc2c1=O)NC[C@@H]1Cc2ccccc2O1. The maximum absolute atomic E-state index is 12.3. The van der Waals surface area contributed by atoms with E-state index in [0.29, 0.717) is 17.4 Å². The summed E-state index contributed by atoms with van der Waals surface area (Å²) in [6.07, 6.45) is 0.887. The predicted molar refractivity (Wildman–Crippen MR) is 96.0 cm³/mol. The highest BCUT2D eigenvalue weighted by Gasteiger charge is 2.22. The lowest BCUT2D eigenvalue weighted by Gasteiger charge is -2.12. The van der Waals surface area contributed by atoms with Crippen LogP contribution < -0.4 is 15.6 Å². The first-order chi connectivity index (χ1) is 12.7. The van der Waals surface area contributed by atoms with Gasteiger partial charge in [-0.1, -0.05) is 35.5 Å². The van der Waals surface area contributed by atoms with Gasteiger partial charge in [0.15, 0.2) is 0 Å². The maximum atomic E-state index is 12.3. The zero-order chi connectivity index (χ0) is 17.9. The second-order valence-corrected chi connectivity index (χ2v) is 6.24. The van der Waals surface area contributed by atoms with E-state index in [4.69, 9.17) is 4.74 Å². The van der Waals surface area contributed by atoms with Crippen LogP contribution in [-0.4, -0.2) is 33.5 Å². The number of nitrogens with zero attached hydrogens (tertiary/aromatic N) is 3. The molecular weight excluding hydrogens is 332 g/mol. The van der Waals surface area contributed by atoms with Crippen LogP contribution in [-0.2, 0) is 17.8 Å². The Morgan fingerprint density at radius 1 is 1.19 bits per heavy atom. The zero-order valence-electron chi connectivity index (χ0n) is 14.1. The summed E-state index contributed by atoms with van der Waals surface area (Å²) in [5.74, 6) is 0.733. The number of amides is 1. The zero-order valence-corrected chi connectivity index (χ0v) is 14.1. The number of nitrogens with one attached hydrogen (secondary N) is 1. The quantitative estimate of drug-likeness (QED) is 0.750. The molecule has 0 aliphatic carbocycles. The highest BCUT2D eigenvalue weighted by Crippen LogP contribution is 2.27. The molecule has 7 heteroatoms. The summed E-state index contributed by atoms with van der Waals surface area (Å²) in [5, 5.41) is 11.3. The summed E-state index contributed by atoms with van der Waals surface area (Å²) >= 11 is 0. The minimum Gasteiger partial charge on any atom is -0.488 e. The fourth-order valence-corrected chi connectivity index (χ4v) is 3.06. The molecular formula is C19H18N4O3. The number of para-hydroxylation sites is 1. The Morgan fingerprint density at radius 2 is 2.00 bits per heavy atom. The summed E-state index contributed by atoms with van der Waals surface area (Å²) in [7, 11) is 0. The van der Waals surface area contributed by atoms with Gasteiger partial charge in [0.25, 0.3) is 5.56 Å². The smallest absolute Gasteiger partial charge is 0.277 e. The molecule has 0 fully saturated rings. The van der Waals surface area contributed by atoms with Crippen molar-refractivity contribution in [3.8, 4) is 5.75 Å². The number of aryl methyl sites for hydroxylation is 1. The van der Waals surface area contributed by atoms with Crippen molar-refractivity contribution in [3.05, 3.63) is 64.4 Å². The predicted octanol–water partition coefficient (Wildman–Crippen LogP) is 1.30. The Labute approximate surface area is 149 Å². The van der Waals surface area contributed by atoms with Crippen LogP contribution in [0.25, 0.3) is 10.9 Å². The van der Waals surface area contributed by atoms with Gasteiger partial charge >= 0.3 is 0 Å². The molecule has 1 N–H and O–H groups in total. The van der Waals surface area contributed by atoms with Crippen molar-refractivity contribution in [1.82, 2.24) is 20.3 Å². The highest BCUT2D eigenvalue weighted by molar-refractivity contribution is 5.77. The monoisotopic (exact) mass is 350 g/mol. The third-order valence-electron chi connectivity index (χ3n) is 4.42. The van der Waals surface area contributed by atoms with Crippen LogP contribution in [0, 0.1) is 0 Å². The molecule has 1 atom stereocenters. The van der Waals surface area contributed by atoms with Crippen molar-refractivity contribution < 1.29 is 9.53 Å². The molecule has 1 amide bonds. The lowest BCUT2D eigenvalue weighted by atomic mass is 10.1. The molecule has 4 rings (SSSR count). The van der Waals surface area contributed by atoms with Gasteiger partial charge in [-0.05, 0) is 23.8 Å². The van der Waals surface area contributed by atoms with Crippen LogP contribution in [0.5, 0.6) is 5.75 Å². The topological polar surface area (TPSA) is 86.1 Å². The molecule has 0 spiro atoms. The van der Waals surface area contributed by atoms with E-state index in [0.717, 1.165) is 17.7 Å². The van der Waals surface area contributed by atoms with Gasteiger partial charge in [0.05, 0.1) is 18.5 Å². The number of rotatable bonds is 5. The van der Waals surface area contributed by atoms with Gasteiger partial charge in [0.1, 0.15) is 17.4 Å². The Morgan fingerprint density at radius 3 is 2.88 bits per heavy atom. The van der Waals surface area contributed by atoms with Gasteiger partial charge in [-0.25, -0.2) is 4.68 Å². The maximum Gasteiger partial charge on any atom is 0.277 e. The lowest BCUT2D eigenvalue weighted by molar-refractivity contribution is -0.121. The second kappa shape index (κ2) is 6.95. The molecule has 2 aromatic carbocycles. The van der Waals surface area contributed by atoms with Crippen LogP contribution in [0.1, 0.15) is 12.0 Å². The van der Waals surface area contributed by atoms with Gasteiger partial charge in [-0.2, -0.15) is 0 Å². The molecule has 1 aromatic heterocycles. The second-order valence-electron chi connectivity index (χ2n) is 6.24. The van der Waals surface area contributed by atoms with E-state index in [1.807, 2.05) is 24.3 Å². The molecule has 26 heavy (non-hydrogen) atoms.